The molecule has 4 heterocycles. The molecule has 1 N–H and O–H groups in total. The molecule has 2 atom stereocenters. The quantitative estimate of drug-likeness (QED) is 0.713. The number of anilines is 1. The zero-order valence-corrected chi connectivity index (χ0v) is 16.7. The fourth-order valence-corrected chi connectivity index (χ4v) is 4.29. The van der Waals surface area contributed by atoms with Crippen LogP contribution >= 0.6 is 0 Å². The van der Waals surface area contributed by atoms with Gasteiger partial charge in [0.1, 0.15) is 17.7 Å². The topological polar surface area (TPSA) is 97.9 Å². The fraction of sp³-hybridized carbons (Fsp3) is 0.381. The van der Waals surface area contributed by atoms with E-state index in [-0.39, 0.29) is 17.8 Å². The van der Waals surface area contributed by atoms with E-state index in [4.69, 9.17) is 0 Å². The van der Waals surface area contributed by atoms with E-state index < -0.39 is 11.9 Å². The van der Waals surface area contributed by atoms with Gasteiger partial charge in [0.15, 0.2) is 0 Å². The van der Waals surface area contributed by atoms with Gasteiger partial charge in [-0.3, -0.25) is 14.5 Å². The molecule has 0 bridgehead atoms. The lowest BCUT2D eigenvalue weighted by Gasteiger charge is -2.23. The van der Waals surface area contributed by atoms with Crippen molar-refractivity contribution in [2.75, 3.05) is 11.9 Å². The van der Waals surface area contributed by atoms with Gasteiger partial charge in [0.2, 0.25) is 5.82 Å². The summed E-state index contributed by atoms with van der Waals surface area (Å²) in [5, 5.41) is 11.6. The van der Waals surface area contributed by atoms with Crippen LogP contribution in [0.5, 0.6) is 0 Å². The molecule has 5 rings (SSSR count). The van der Waals surface area contributed by atoms with E-state index >= 15 is 0 Å². The Labute approximate surface area is 173 Å². The Kier molecular flexibility index (Phi) is 4.57. The van der Waals surface area contributed by atoms with E-state index in [2.05, 4.69) is 32.6 Å². The monoisotopic (exact) mass is 405 g/mol. The Morgan fingerprint density at radius 3 is 2.83 bits per heavy atom. The van der Waals surface area contributed by atoms with Crippen molar-refractivity contribution in [2.24, 2.45) is 0 Å². The number of hydrogen-bond acceptors (Lipinski definition) is 5. The highest BCUT2D eigenvalue weighted by Gasteiger charge is 2.32. The Morgan fingerprint density at radius 2 is 2.00 bits per heavy atom. The summed E-state index contributed by atoms with van der Waals surface area (Å²) in [6.45, 7) is 0.548. The van der Waals surface area contributed by atoms with Crippen LogP contribution in [0.2, 0.25) is 0 Å². The third-order valence-corrected chi connectivity index (χ3v) is 5.86. The summed E-state index contributed by atoms with van der Waals surface area (Å²) in [7, 11) is 1.69. The van der Waals surface area contributed by atoms with Gasteiger partial charge in [-0.15, -0.1) is 5.10 Å². The van der Waals surface area contributed by atoms with Gasteiger partial charge in [-0.05, 0) is 24.8 Å². The van der Waals surface area contributed by atoms with Crippen molar-refractivity contribution >= 4 is 17.6 Å². The summed E-state index contributed by atoms with van der Waals surface area (Å²) in [5.41, 5.74) is 1.16. The summed E-state index contributed by atoms with van der Waals surface area (Å²) in [5.74, 6) is 1.05. The zero-order valence-electron chi connectivity index (χ0n) is 16.7. The molecule has 0 radical (unpaired) electrons. The number of likely N-dealkylation sites (N-methyl/N-ethyl adjacent to an activating group) is 1. The summed E-state index contributed by atoms with van der Waals surface area (Å²) in [4.78, 5) is 31.8. The number of fused-ring (bicyclic) bond motifs is 2. The summed E-state index contributed by atoms with van der Waals surface area (Å²) in [6, 6.07) is 11.4. The third-order valence-electron chi connectivity index (χ3n) is 5.86. The largest absolute Gasteiger partial charge is 0.337 e. The normalized spacial score (nSPS) is 21.0. The average molecular weight is 405 g/mol. The number of benzene rings is 1. The standard InChI is InChI=1S/C21H23N7O2/c1-26-18-10-12-22-27(18)13-11-15(21(26)30)23-20(29)19-24-17-9-5-8-16(28(17)25-19)14-6-3-2-4-7-14/h2-4,6-7,10,12,15-16H,5,8-9,11,13H2,1H3,(H,23,29)/t15-,16+/m0/s1. The number of aromatic nitrogens is 5. The van der Waals surface area contributed by atoms with Crippen molar-refractivity contribution < 1.29 is 9.59 Å². The Hall–Kier alpha value is -3.49. The first-order chi connectivity index (χ1) is 14.6. The molecular weight excluding hydrogens is 382 g/mol. The first-order valence-corrected chi connectivity index (χ1v) is 10.2. The maximum atomic E-state index is 12.9. The van der Waals surface area contributed by atoms with E-state index in [1.165, 1.54) is 4.90 Å². The Balaban J connectivity index is 1.36. The second-order valence-corrected chi connectivity index (χ2v) is 7.74. The van der Waals surface area contributed by atoms with Gasteiger partial charge in [-0.2, -0.15) is 5.10 Å². The van der Waals surface area contributed by atoms with Gasteiger partial charge in [-0.1, -0.05) is 30.3 Å². The lowest BCUT2D eigenvalue weighted by Crippen LogP contribution is -2.47. The van der Waals surface area contributed by atoms with Crippen LogP contribution in [0.4, 0.5) is 5.82 Å². The van der Waals surface area contributed by atoms with E-state index in [0.717, 1.165) is 36.5 Å². The predicted molar refractivity (Wildman–Crippen MR) is 109 cm³/mol. The molecule has 9 nitrogen and oxygen atoms in total. The Bertz CT molecular complexity index is 1090. The van der Waals surface area contributed by atoms with Crippen LogP contribution in [0.3, 0.4) is 0 Å². The predicted octanol–water partition coefficient (Wildman–Crippen LogP) is 1.57. The molecule has 1 aromatic carbocycles. The van der Waals surface area contributed by atoms with E-state index in [1.807, 2.05) is 22.9 Å². The second-order valence-electron chi connectivity index (χ2n) is 7.74. The highest BCUT2D eigenvalue weighted by atomic mass is 16.2. The smallest absolute Gasteiger partial charge is 0.291 e. The van der Waals surface area contributed by atoms with Crippen LogP contribution in [0, 0.1) is 0 Å². The van der Waals surface area contributed by atoms with Crippen LogP contribution in [-0.4, -0.2) is 49.4 Å². The second kappa shape index (κ2) is 7.40. The SMILES string of the molecule is CN1C(=O)[C@@H](NC(=O)c2nc3n(n2)[C@@H](c2ccccc2)CCC3)CCn2nccc21. The van der Waals surface area contributed by atoms with Gasteiger partial charge < -0.3 is 5.32 Å². The maximum Gasteiger partial charge on any atom is 0.291 e. The zero-order chi connectivity index (χ0) is 20.7. The number of nitrogens with one attached hydrogen (secondary N) is 1. The molecule has 30 heavy (non-hydrogen) atoms. The molecule has 0 fully saturated rings. The summed E-state index contributed by atoms with van der Waals surface area (Å²) in [6.07, 6.45) is 4.87. The molecule has 2 aliphatic heterocycles. The molecular formula is C21H23N7O2. The van der Waals surface area contributed by atoms with Crippen LogP contribution in [-0.2, 0) is 17.8 Å². The first kappa shape index (κ1) is 18.5. The minimum atomic E-state index is -0.644. The lowest BCUT2D eigenvalue weighted by atomic mass is 9.98. The lowest BCUT2D eigenvalue weighted by molar-refractivity contribution is -0.120. The van der Waals surface area contributed by atoms with Gasteiger partial charge in [0, 0.05) is 26.1 Å². The molecule has 2 aromatic heterocycles. The number of nitrogens with zero attached hydrogens (tertiary/aromatic N) is 6. The average Bonchev–Trinajstić information content (AvgIpc) is 3.40. The van der Waals surface area contributed by atoms with Gasteiger partial charge >= 0.3 is 0 Å². The molecule has 9 heteroatoms. The number of rotatable bonds is 3. The minimum Gasteiger partial charge on any atom is -0.337 e. The number of carbonyl (C=O) groups is 2. The number of carbonyl (C=O) groups excluding carboxylic acids is 2. The minimum absolute atomic E-state index is 0.0756. The number of aryl methyl sites for hydroxylation is 2. The summed E-state index contributed by atoms with van der Waals surface area (Å²) < 4.78 is 3.63. The van der Waals surface area contributed by atoms with Crippen molar-refractivity contribution in [3.05, 3.63) is 59.8 Å². The molecule has 0 spiro atoms. The number of amides is 2. The van der Waals surface area contributed by atoms with Gasteiger partial charge in [0.25, 0.3) is 11.8 Å². The van der Waals surface area contributed by atoms with E-state index in [0.29, 0.717) is 13.0 Å². The van der Waals surface area contributed by atoms with Crippen molar-refractivity contribution in [2.45, 2.75) is 44.3 Å². The van der Waals surface area contributed by atoms with E-state index in [9.17, 15) is 9.59 Å². The van der Waals surface area contributed by atoms with Crippen LogP contribution in [0.25, 0.3) is 0 Å². The molecule has 0 aliphatic carbocycles. The maximum absolute atomic E-state index is 12.9. The van der Waals surface area contributed by atoms with Crippen LogP contribution in [0.15, 0.2) is 42.6 Å². The van der Waals surface area contributed by atoms with Gasteiger partial charge in [0.05, 0.1) is 12.2 Å². The molecule has 0 saturated heterocycles. The van der Waals surface area contributed by atoms with Crippen molar-refractivity contribution in [1.29, 1.82) is 0 Å². The molecule has 0 saturated carbocycles. The van der Waals surface area contributed by atoms with Crippen molar-refractivity contribution in [1.82, 2.24) is 29.9 Å². The number of hydrogen-bond donors (Lipinski definition) is 1. The van der Waals surface area contributed by atoms with Crippen LogP contribution < -0.4 is 10.2 Å². The molecule has 3 aromatic rings. The fourth-order valence-electron chi connectivity index (χ4n) is 4.29. The molecule has 2 aliphatic rings. The van der Waals surface area contributed by atoms with Gasteiger partial charge in [-0.25, -0.2) is 14.3 Å². The third kappa shape index (κ3) is 3.16. The van der Waals surface area contributed by atoms with E-state index in [1.54, 1.807) is 24.0 Å². The van der Waals surface area contributed by atoms with Crippen molar-refractivity contribution in [3.8, 4) is 0 Å². The van der Waals surface area contributed by atoms with Crippen molar-refractivity contribution in [3.63, 3.8) is 0 Å². The molecule has 2 amide bonds. The molecule has 154 valence electrons. The van der Waals surface area contributed by atoms with Crippen LogP contribution in [0.1, 0.15) is 47.3 Å². The highest BCUT2D eigenvalue weighted by molar-refractivity contribution is 6.00. The summed E-state index contributed by atoms with van der Waals surface area (Å²) >= 11 is 0. The first-order valence-electron chi connectivity index (χ1n) is 10.2. The Morgan fingerprint density at radius 1 is 1.17 bits per heavy atom. The highest BCUT2D eigenvalue weighted by Crippen LogP contribution is 2.29. The molecule has 0 unspecified atom stereocenters.